The Labute approximate surface area is 128 Å². The van der Waals surface area contributed by atoms with Crippen molar-refractivity contribution in [3.05, 3.63) is 11.4 Å². The minimum atomic E-state index is -0.124. The number of anilines is 2. The Bertz CT molecular complexity index is 466. The van der Waals surface area contributed by atoms with Crippen LogP contribution in [0, 0.1) is 12.8 Å². The predicted octanol–water partition coefficient (Wildman–Crippen LogP) is 2.94. The normalized spacial score (nSPS) is 13.4. The summed E-state index contributed by atoms with van der Waals surface area (Å²) in [5.41, 5.74) is 0.866. The number of nitrogens with zero attached hydrogens (tertiary/aromatic N) is 2. The maximum absolute atomic E-state index is 9.53. The van der Waals surface area contributed by atoms with E-state index in [9.17, 15) is 5.11 Å². The first-order valence-corrected chi connectivity index (χ1v) is 7.71. The molecule has 0 amide bonds. The lowest BCUT2D eigenvalue weighted by Crippen LogP contribution is -2.31. The first-order chi connectivity index (χ1) is 9.70. The van der Waals surface area contributed by atoms with E-state index in [1.54, 1.807) is 0 Å². The molecular weight excluding hydrogens is 264 g/mol. The summed E-state index contributed by atoms with van der Waals surface area (Å²) in [6.07, 6.45) is 0. The van der Waals surface area contributed by atoms with Gasteiger partial charge >= 0.3 is 0 Å². The first-order valence-electron chi connectivity index (χ1n) is 7.71. The summed E-state index contributed by atoms with van der Waals surface area (Å²) >= 11 is 0. The molecule has 3 N–H and O–H groups in total. The molecule has 1 aromatic rings. The van der Waals surface area contributed by atoms with Gasteiger partial charge in [0.05, 0.1) is 12.6 Å². The molecule has 0 aromatic carbocycles. The van der Waals surface area contributed by atoms with Crippen LogP contribution < -0.4 is 10.6 Å². The highest BCUT2D eigenvalue weighted by atomic mass is 16.3. The summed E-state index contributed by atoms with van der Waals surface area (Å²) in [6.45, 7) is 15.4. The molecule has 0 saturated heterocycles. The number of hydrogen-bond acceptors (Lipinski definition) is 5. The zero-order valence-corrected chi connectivity index (χ0v) is 14.4. The fourth-order valence-corrected chi connectivity index (χ4v) is 1.93. The number of aliphatic hydroxyl groups is 1. The van der Waals surface area contributed by atoms with E-state index < -0.39 is 0 Å². The molecule has 1 aromatic heterocycles. The van der Waals surface area contributed by atoms with E-state index in [4.69, 9.17) is 0 Å². The second-order valence-electron chi connectivity index (χ2n) is 6.83. The number of nitrogens with one attached hydrogen (secondary N) is 2. The molecule has 1 rings (SSSR count). The topological polar surface area (TPSA) is 70.1 Å². The standard InChI is InChI=1S/C16H30N4O/c1-8-17-13-11(4)14(18-12(9-21)10(2)3)20-15(19-13)16(5,6)7/h10,12,21H,8-9H2,1-7H3,(H2,17,18,19,20)/t12-/m1/s1. The SMILES string of the molecule is CCNc1nc(C(C)(C)C)nc(N[C@H](CO)C(C)C)c1C. The fourth-order valence-electron chi connectivity index (χ4n) is 1.93. The van der Waals surface area contributed by atoms with Gasteiger partial charge in [-0.15, -0.1) is 0 Å². The Morgan fingerprint density at radius 3 is 2.14 bits per heavy atom. The zero-order valence-electron chi connectivity index (χ0n) is 14.4. The van der Waals surface area contributed by atoms with Gasteiger partial charge in [-0.05, 0) is 19.8 Å². The molecule has 21 heavy (non-hydrogen) atoms. The molecule has 0 unspecified atom stereocenters. The predicted molar refractivity (Wildman–Crippen MR) is 89.0 cm³/mol. The van der Waals surface area contributed by atoms with E-state index in [2.05, 4.69) is 62.1 Å². The number of aromatic nitrogens is 2. The van der Waals surface area contributed by atoms with Crippen molar-refractivity contribution in [2.45, 2.75) is 59.9 Å². The van der Waals surface area contributed by atoms with E-state index in [0.29, 0.717) is 5.92 Å². The highest BCUT2D eigenvalue weighted by Crippen LogP contribution is 2.27. The van der Waals surface area contributed by atoms with Crippen LogP contribution in [-0.4, -0.2) is 34.3 Å². The molecule has 5 heteroatoms. The Kier molecular flexibility index (Phi) is 5.96. The average molecular weight is 294 g/mol. The maximum Gasteiger partial charge on any atom is 0.138 e. The molecular formula is C16H30N4O. The second-order valence-corrected chi connectivity index (χ2v) is 6.83. The van der Waals surface area contributed by atoms with Gasteiger partial charge in [0.1, 0.15) is 17.5 Å². The zero-order chi connectivity index (χ0) is 16.2. The Balaban J connectivity index is 3.25. The summed E-state index contributed by atoms with van der Waals surface area (Å²) in [5, 5.41) is 16.2. The van der Waals surface area contributed by atoms with Crippen LogP contribution in [-0.2, 0) is 5.41 Å². The smallest absolute Gasteiger partial charge is 0.138 e. The van der Waals surface area contributed by atoms with Crippen molar-refractivity contribution in [2.24, 2.45) is 5.92 Å². The van der Waals surface area contributed by atoms with Crippen LogP contribution >= 0.6 is 0 Å². The van der Waals surface area contributed by atoms with Crippen molar-refractivity contribution in [1.82, 2.24) is 9.97 Å². The monoisotopic (exact) mass is 294 g/mol. The maximum atomic E-state index is 9.53. The van der Waals surface area contributed by atoms with Gasteiger partial charge in [0.15, 0.2) is 0 Å². The summed E-state index contributed by atoms with van der Waals surface area (Å²) < 4.78 is 0. The first kappa shape index (κ1) is 17.7. The van der Waals surface area contributed by atoms with Gasteiger partial charge in [-0.3, -0.25) is 0 Å². The Hall–Kier alpha value is -1.36. The lowest BCUT2D eigenvalue weighted by molar-refractivity contribution is 0.249. The van der Waals surface area contributed by atoms with Gasteiger partial charge in [-0.25, -0.2) is 9.97 Å². The van der Waals surface area contributed by atoms with Crippen LogP contribution in [0.25, 0.3) is 0 Å². The van der Waals surface area contributed by atoms with Crippen molar-refractivity contribution in [3.63, 3.8) is 0 Å². The molecule has 0 fully saturated rings. The lowest BCUT2D eigenvalue weighted by Gasteiger charge is -2.25. The van der Waals surface area contributed by atoms with Crippen LogP contribution in [0.15, 0.2) is 0 Å². The summed E-state index contributed by atoms with van der Waals surface area (Å²) in [7, 11) is 0. The van der Waals surface area contributed by atoms with Crippen molar-refractivity contribution < 1.29 is 5.11 Å². The fraction of sp³-hybridized carbons (Fsp3) is 0.750. The van der Waals surface area contributed by atoms with E-state index in [-0.39, 0.29) is 18.1 Å². The molecule has 0 radical (unpaired) electrons. The molecule has 1 heterocycles. The largest absolute Gasteiger partial charge is 0.394 e. The third kappa shape index (κ3) is 4.56. The van der Waals surface area contributed by atoms with Gasteiger partial charge in [0, 0.05) is 17.5 Å². The summed E-state index contributed by atoms with van der Waals surface area (Å²) in [6, 6.07) is -0.0131. The van der Waals surface area contributed by atoms with Gasteiger partial charge in [0.2, 0.25) is 0 Å². The van der Waals surface area contributed by atoms with Crippen LogP contribution in [0.5, 0.6) is 0 Å². The van der Waals surface area contributed by atoms with E-state index in [1.165, 1.54) is 0 Å². The average Bonchev–Trinajstić information content (AvgIpc) is 2.38. The van der Waals surface area contributed by atoms with Crippen LogP contribution in [0.1, 0.15) is 52.9 Å². The van der Waals surface area contributed by atoms with Gasteiger partial charge in [-0.1, -0.05) is 34.6 Å². The Morgan fingerprint density at radius 2 is 1.71 bits per heavy atom. The van der Waals surface area contributed by atoms with Gasteiger partial charge < -0.3 is 15.7 Å². The minimum Gasteiger partial charge on any atom is -0.394 e. The highest BCUT2D eigenvalue weighted by molar-refractivity contribution is 5.58. The molecule has 0 saturated carbocycles. The molecule has 1 atom stereocenters. The van der Waals surface area contributed by atoms with Crippen molar-refractivity contribution in [2.75, 3.05) is 23.8 Å². The second kappa shape index (κ2) is 7.07. The van der Waals surface area contributed by atoms with Crippen molar-refractivity contribution in [3.8, 4) is 0 Å². The lowest BCUT2D eigenvalue weighted by atomic mass is 9.95. The third-order valence-corrected chi connectivity index (χ3v) is 3.48. The van der Waals surface area contributed by atoms with Gasteiger partial charge in [-0.2, -0.15) is 0 Å². The quantitative estimate of drug-likeness (QED) is 0.752. The van der Waals surface area contributed by atoms with Crippen LogP contribution in [0.4, 0.5) is 11.6 Å². The van der Waals surface area contributed by atoms with Crippen LogP contribution in [0.2, 0.25) is 0 Å². The molecule has 0 bridgehead atoms. The number of hydrogen-bond donors (Lipinski definition) is 3. The molecule has 0 aliphatic heterocycles. The molecule has 0 aliphatic carbocycles. The summed E-state index contributed by atoms with van der Waals surface area (Å²) in [5.74, 6) is 2.79. The van der Waals surface area contributed by atoms with E-state index in [0.717, 1.165) is 29.6 Å². The highest BCUT2D eigenvalue weighted by Gasteiger charge is 2.22. The molecule has 5 nitrogen and oxygen atoms in total. The third-order valence-electron chi connectivity index (χ3n) is 3.48. The van der Waals surface area contributed by atoms with Crippen LogP contribution in [0.3, 0.4) is 0 Å². The summed E-state index contributed by atoms with van der Waals surface area (Å²) in [4.78, 5) is 9.33. The number of rotatable bonds is 6. The van der Waals surface area contributed by atoms with Crippen molar-refractivity contribution >= 4 is 11.6 Å². The van der Waals surface area contributed by atoms with Crippen molar-refractivity contribution in [1.29, 1.82) is 0 Å². The molecule has 0 aliphatic rings. The molecule has 120 valence electrons. The Morgan fingerprint density at radius 1 is 1.14 bits per heavy atom. The van der Waals surface area contributed by atoms with Gasteiger partial charge in [0.25, 0.3) is 0 Å². The number of aliphatic hydroxyl groups excluding tert-OH is 1. The van der Waals surface area contributed by atoms with E-state index >= 15 is 0 Å². The minimum absolute atomic E-state index is 0.0131. The van der Waals surface area contributed by atoms with E-state index in [1.807, 2.05) is 6.92 Å². The molecule has 0 spiro atoms.